The number of thiophene rings is 1. The summed E-state index contributed by atoms with van der Waals surface area (Å²) in [5.41, 5.74) is 0. The first-order valence-electron chi connectivity index (χ1n) is 8.06. The summed E-state index contributed by atoms with van der Waals surface area (Å²) in [7, 11) is 0. The van der Waals surface area contributed by atoms with E-state index >= 15 is 0 Å². The number of benzene rings is 1. The van der Waals surface area contributed by atoms with Crippen LogP contribution in [-0.2, 0) is 0 Å². The minimum atomic E-state index is -0.149. The normalized spacial score (nSPS) is 14.5. The highest BCUT2D eigenvalue weighted by molar-refractivity contribution is 7.19. The molecule has 0 fully saturated rings. The molecule has 0 amide bonds. The predicted octanol–water partition coefficient (Wildman–Crippen LogP) is 5.91. The van der Waals surface area contributed by atoms with Gasteiger partial charge in [0, 0.05) is 15.6 Å². The average molecular weight is 307 g/mol. The molecular formula is C18H26FNS. The molecule has 0 bridgehead atoms. The van der Waals surface area contributed by atoms with E-state index in [1.807, 2.05) is 6.07 Å². The van der Waals surface area contributed by atoms with Gasteiger partial charge in [-0.1, -0.05) is 33.6 Å². The standard InChI is InChI=1S/C18H26FNS/c1-4-6-13(3)10-16(20-9-5-2)18-12-14-11-15(19)7-8-17(14)21-18/h7-8,11-13,16,20H,4-6,9-10H2,1-3H3. The molecule has 2 rings (SSSR count). The number of rotatable bonds is 8. The van der Waals surface area contributed by atoms with Crippen molar-refractivity contribution in [2.75, 3.05) is 6.54 Å². The van der Waals surface area contributed by atoms with Crippen LogP contribution in [0.2, 0.25) is 0 Å². The highest BCUT2D eigenvalue weighted by Crippen LogP contribution is 2.33. The van der Waals surface area contributed by atoms with Crippen LogP contribution in [0.25, 0.3) is 10.1 Å². The Morgan fingerprint density at radius 2 is 2.00 bits per heavy atom. The Morgan fingerprint density at radius 1 is 1.19 bits per heavy atom. The molecule has 0 aliphatic heterocycles. The molecule has 2 unspecified atom stereocenters. The van der Waals surface area contributed by atoms with Gasteiger partial charge in [-0.05, 0) is 55.0 Å². The maximum Gasteiger partial charge on any atom is 0.123 e. The van der Waals surface area contributed by atoms with Crippen LogP contribution < -0.4 is 5.32 Å². The molecule has 0 aliphatic carbocycles. The number of nitrogens with one attached hydrogen (secondary N) is 1. The largest absolute Gasteiger partial charge is 0.309 e. The lowest BCUT2D eigenvalue weighted by atomic mass is 9.96. The van der Waals surface area contributed by atoms with E-state index in [-0.39, 0.29) is 5.82 Å². The second-order valence-electron chi connectivity index (χ2n) is 5.97. The van der Waals surface area contributed by atoms with E-state index in [4.69, 9.17) is 0 Å². The summed E-state index contributed by atoms with van der Waals surface area (Å²) >= 11 is 1.80. The molecule has 2 atom stereocenters. The van der Waals surface area contributed by atoms with Crippen molar-refractivity contribution in [3.05, 3.63) is 35.0 Å². The summed E-state index contributed by atoms with van der Waals surface area (Å²) in [6.07, 6.45) is 4.80. The van der Waals surface area contributed by atoms with Crippen molar-refractivity contribution < 1.29 is 4.39 Å². The maximum atomic E-state index is 13.3. The summed E-state index contributed by atoms with van der Waals surface area (Å²) in [6.45, 7) is 7.80. The average Bonchev–Trinajstić information content (AvgIpc) is 2.86. The van der Waals surface area contributed by atoms with Crippen LogP contribution in [-0.4, -0.2) is 6.54 Å². The van der Waals surface area contributed by atoms with Crippen LogP contribution in [0.4, 0.5) is 4.39 Å². The monoisotopic (exact) mass is 307 g/mol. The highest BCUT2D eigenvalue weighted by Gasteiger charge is 2.17. The summed E-state index contributed by atoms with van der Waals surface area (Å²) in [5, 5.41) is 4.70. The lowest BCUT2D eigenvalue weighted by Crippen LogP contribution is -2.23. The number of hydrogen-bond donors (Lipinski definition) is 1. The van der Waals surface area contributed by atoms with Gasteiger partial charge in [0.1, 0.15) is 5.82 Å². The molecule has 3 heteroatoms. The number of halogens is 1. The van der Waals surface area contributed by atoms with E-state index in [2.05, 4.69) is 32.2 Å². The maximum absolute atomic E-state index is 13.3. The molecule has 2 aromatic rings. The lowest BCUT2D eigenvalue weighted by Gasteiger charge is -2.21. The van der Waals surface area contributed by atoms with E-state index in [1.54, 1.807) is 23.5 Å². The van der Waals surface area contributed by atoms with Crippen LogP contribution in [0.3, 0.4) is 0 Å². The summed E-state index contributed by atoms with van der Waals surface area (Å²) in [6, 6.07) is 7.64. The fourth-order valence-electron chi connectivity index (χ4n) is 2.84. The smallest absolute Gasteiger partial charge is 0.123 e. The fraction of sp³-hybridized carbons (Fsp3) is 0.556. The Bertz CT molecular complexity index is 563. The van der Waals surface area contributed by atoms with Crippen molar-refractivity contribution in [2.24, 2.45) is 5.92 Å². The van der Waals surface area contributed by atoms with Gasteiger partial charge in [-0.15, -0.1) is 11.3 Å². The Kier molecular flexibility index (Phi) is 6.19. The van der Waals surface area contributed by atoms with Crippen LogP contribution in [0.1, 0.15) is 57.4 Å². The van der Waals surface area contributed by atoms with Crippen molar-refractivity contribution in [3.8, 4) is 0 Å². The molecule has 0 radical (unpaired) electrons. The summed E-state index contributed by atoms with van der Waals surface area (Å²) in [5.74, 6) is 0.565. The van der Waals surface area contributed by atoms with Crippen molar-refractivity contribution in [1.82, 2.24) is 5.32 Å². The molecule has 0 saturated heterocycles. The van der Waals surface area contributed by atoms with Crippen LogP contribution >= 0.6 is 11.3 Å². The summed E-state index contributed by atoms with van der Waals surface area (Å²) < 4.78 is 14.5. The molecule has 1 aromatic carbocycles. The molecule has 1 nitrogen and oxygen atoms in total. The van der Waals surface area contributed by atoms with Crippen LogP contribution in [0.5, 0.6) is 0 Å². The Hall–Kier alpha value is -0.930. The summed E-state index contributed by atoms with van der Waals surface area (Å²) in [4.78, 5) is 1.34. The van der Waals surface area contributed by atoms with Gasteiger partial charge in [0.25, 0.3) is 0 Å². The first kappa shape index (κ1) is 16.4. The Balaban J connectivity index is 2.20. The van der Waals surface area contributed by atoms with E-state index in [0.717, 1.165) is 24.8 Å². The van der Waals surface area contributed by atoms with Crippen molar-refractivity contribution in [3.63, 3.8) is 0 Å². The third kappa shape index (κ3) is 4.52. The van der Waals surface area contributed by atoms with Gasteiger partial charge >= 0.3 is 0 Å². The first-order valence-corrected chi connectivity index (χ1v) is 8.88. The van der Waals surface area contributed by atoms with E-state index in [0.29, 0.717) is 12.0 Å². The highest BCUT2D eigenvalue weighted by atomic mass is 32.1. The van der Waals surface area contributed by atoms with Crippen LogP contribution in [0.15, 0.2) is 24.3 Å². The molecule has 0 spiro atoms. The fourth-order valence-corrected chi connectivity index (χ4v) is 3.97. The quantitative estimate of drug-likeness (QED) is 0.639. The van der Waals surface area contributed by atoms with Gasteiger partial charge in [-0.2, -0.15) is 0 Å². The van der Waals surface area contributed by atoms with E-state index in [1.165, 1.54) is 22.4 Å². The third-order valence-electron chi connectivity index (χ3n) is 3.90. The minimum absolute atomic E-state index is 0.149. The molecule has 1 aromatic heterocycles. The predicted molar refractivity (Wildman–Crippen MR) is 91.5 cm³/mol. The second-order valence-corrected chi connectivity index (χ2v) is 7.08. The van der Waals surface area contributed by atoms with Gasteiger partial charge in [0.15, 0.2) is 0 Å². The molecule has 1 N–H and O–H groups in total. The number of hydrogen-bond acceptors (Lipinski definition) is 2. The van der Waals surface area contributed by atoms with Gasteiger partial charge in [0.2, 0.25) is 0 Å². The molecule has 0 saturated carbocycles. The Morgan fingerprint density at radius 3 is 2.71 bits per heavy atom. The SMILES string of the molecule is CCCNC(CC(C)CCC)c1cc2cc(F)ccc2s1. The van der Waals surface area contributed by atoms with Crippen molar-refractivity contribution in [2.45, 2.75) is 52.5 Å². The van der Waals surface area contributed by atoms with E-state index < -0.39 is 0 Å². The zero-order chi connectivity index (χ0) is 15.2. The first-order chi connectivity index (χ1) is 10.1. The van der Waals surface area contributed by atoms with Gasteiger partial charge in [-0.25, -0.2) is 4.39 Å². The van der Waals surface area contributed by atoms with Crippen molar-refractivity contribution >= 4 is 21.4 Å². The molecule has 0 aliphatic rings. The minimum Gasteiger partial charge on any atom is -0.309 e. The second kappa shape index (κ2) is 7.90. The third-order valence-corrected chi connectivity index (χ3v) is 5.13. The zero-order valence-electron chi connectivity index (χ0n) is 13.3. The topological polar surface area (TPSA) is 12.0 Å². The van der Waals surface area contributed by atoms with E-state index in [9.17, 15) is 4.39 Å². The lowest BCUT2D eigenvalue weighted by molar-refractivity contribution is 0.394. The number of fused-ring (bicyclic) bond motifs is 1. The molecular weight excluding hydrogens is 281 g/mol. The molecule has 21 heavy (non-hydrogen) atoms. The van der Waals surface area contributed by atoms with Crippen molar-refractivity contribution in [1.29, 1.82) is 0 Å². The van der Waals surface area contributed by atoms with Crippen LogP contribution in [0, 0.1) is 11.7 Å². The molecule has 116 valence electrons. The van der Waals surface area contributed by atoms with Gasteiger partial charge in [0.05, 0.1) is 0 Å². The van der Waals surface area contributed by atoms with Gasteiger partial charge < -0.3 is 5.32 Å². The van der Waals surface area contributed by atoms with Gasteiger partial charge in [-0.3, -0.25) is 0 Å². The Labute approximate surface area is 131 Å². The molecule has 1 heterocycles. The zero-order valence-corrected chi connectivity index (χ0v) is 14.1.